The van der Waals surface area contributed by atoms with Crippen molar-refractivity contribution in [3.05, 3.63) is 0 Å². The largest absolute Gasteiger partial charge is 0.481 e. The lowest BCUT2D eigenvalue weighted by molar-refractivity contribution is -0.148. The standard InChI is InChI=1S/C6H5BrO4/c7-6-1-11-5(10)3(6)2(6)4(8)9/h2-3H,1H2,(H,8,9). The number of alkyl halides is 1. The van der Waals surface area contributed by atoms with Crippen LogP contribution < -0.4 is 0 Å². The molecule has 0 radical (unpaired) electrons. The maximum absolute atomic E-state index is 10.8. The van der Waals surface area contributed by atoms with E-state index in [0.717, 1.165) is 0 Å². The molecule has 11 heavy (non-hydrogen) atoms. The van der Waals surface area contributed by atoms with Crippen LogP contribution in [0.15, 0.2) is 0 Å². The Balaban J connectivity index is 2.24. The smallest absolute Gasteiger partial charge is 0.311 e. The first-order chi connectivity index (χ1) is 5.07. The fourth-order valence-corrected chi connectivity index (χ4v) is 2.43. The van der Waals surface area contributed by atoms with Crippen molar-refractivity contribution in [1.29, 1.82) is 0 Å². The Morgan fingerprint density at radius 2 is 2.45 bits per heavy atom. The van der Waals surface area contributed by atoms with E-state index in [1.54, 1.807) is 0 Å². The number of esters is 1. The third kappa shape index (κ3) is 0.690. The van der Waals surface area contributed by atoms with Crippen molar-refractivity contribution >= 4 is 27.9 Å². The summed E-state index contributed by atoms with van der Waals surface area (Å²) in [6, 6.07) is 0. The lowest BCUT2D eigenvalue weighted by atomic mass is 10.3. The number of rotatable bonds is 1. The molecule has 2 rings (SSSR count). The third-order valence-electron chi connectivity index (χ3n) is 2.21. The van der Waals surface area contributed by atoms with Gasteiger partial charge in [0.15, 0.2) is 0 Å². The quantitative estimate of drug-likeness (QED) is 0.500. The highest BCUT2D eigenvalue weighted by Gasteiger charge is 2.75. The minimum atomic E-state index is -0.927. The van der Waals surface area contributed by atoms with Gasteiger partial charge in [-0.2, -0.15) is 0 Å². The molecule has 1 saturated carbocycles. The van der Waals surface area contributed by atoms with Gasteiger partial charge >= 0.3 is 11.9 Å². The minimum absolute atomic E-state index is 0.188. The molecule has 2 aliphatic rings. The van der Waals surface area contributed by atoms with Gasteiger partial charge < -0.3 is 9.84 Å². The Morgan fingerprint density at radius 1 is 1.82 bits per heavy atom. The molecule has 1 aliphatic heterocycles. The molecule has 5 heteroatoms. The summed E-state index contributed by atoms with van der Waals surface area (Å²) in [5.41, 5.74) is 0. The predicted molar refractivity (Wildman–Crippen MR) is 37.2 cm³/mol. The van der Waals surface area contributed by atoms with Gasteiger partial charge in [-0.25, -0.2) is 0 Å². The van der Waals surface area contributed by atoms with E-state index in [-0.39, 0.29) is 6.61 Å². The topological polar surface area (TPSA) is 63.6 Å². The van der Waals surface area contributed by atoms with Gasteiger partial charge in [0.25, 0.3) is 0 Å². The first kappa shape index (κ1) is 7.09. The van der Waals surface area contributed by atoms with Gasteiger partial charge in [0.2, 0.25) is 0 Å². The van der Waals surface area contributed by atoms with Gasteiger partial charge in [0.1, 0.15) is 6.61 Å². The van der Waals surface area contributed by atoms with E-state index in [1.165, 1.54) is 0 Å². The molecule has 0 amide bonds. The number of aliphatic carboxylic acids is 1. The number of ether oxygens (including phenoxy) is 1. The number of fused-ring (bicyclic) bond motifs is 1. The highest BCUT2D eigenvalue weighted by molar-refractivity contribution is 9.10. The van der Waals surface area contributed by atoms with Crippen LogP contribution in [0.1, 0.15) is 0 Å². The molecule has 1 aliphatic carbocycles. The normalized spacial score (nSPS) is 46.5. The van der Waals surface area contributed by atoms with Crippen molar-refractivity contribution in [2.24, 2.45) is 11.8 Å². The summed E-state index contributed by atoms with van der Waals surface area (Å²) < 4.78 is 4.06. The van der Waals surface area contributed by atoms with Crippen LogP contribution in [0.3, 0.4) is 0 Å². The average Bonchev–Trinajstić information content (AvgIpc) is 2.43. The number of halogens is 1. The van der Waals surface area contributed by atoms with Crippen molar-refractivity contribution in [2.45, 2.75) is 4.32 Å². The van der Waals surface area contributed by atoms with Gasteiger partial charge in [0.05, 0.1) is 16.2 Å². The summed E-state index contributed by atoms with van der Waals surface area (Å²) in [6.45, 7) is 0.188. The zero-order valence-electron chi connectivity index (χ0n) is 5.41. The molecule has 4 nitrogen and oxygen atoms in total. The van der Waals surface area contributed by atoms with E-state index in [2.05, 4.69) is 20.7 Å². The molecule has 0 aromatic rings. The average molecular weight is 221 g/mol. The Kier molecular flexibility index (Phi) is 1.14. The van der Waals surface area contributed by atoms with Crippen LogP contribution in [0.4, 0.5) is 0 Å². The molecule has 60 valence electrons. The van der Waals surface area contributed by atoms with Crippen molar-refractivity contribution in [3.63, 3.8) is 0 Å². The summed E-state index contributed by atoms with van der Waals surface area (Å²) in [7, 11) is 0. The maximum atomic E-state index is 10.8. The number of carboxylic acid groups (broad SMARTS) is 1. The predicted octanol–water partition coefficient (Wildman–Crippen LogP) is 0.00750. The van der Waals surface area contributed by atoms with Crippen LogP contribution in [-0.4, -0.2) is 28.0 Å². The Labute approximate surface area is 70.7 Å². The molecule has 0 bridgehead atoms. The molecule has 0 aromatic carbocycles. The number of hydrogen-bond acceptors (Lipinski definition) is 3. The molecule has 0 aromatic heterocycles. The second-order valence-electron chi connectivity index (χ2n) is 2.83. The van der Waals surface area contributed by atoms with Gasteiger partial charge in [0, 0.05) is 0 Å². The van der Waals surface area contributed by atoms with E-state index < -0.39 is 28.1 Å². The number of carbonyl (C=O) groups excluding carboxylic acids is 1. The Morgan fingerprint density at radius 3 is 2.73 bits per heavy atom. The number of carbonyl (C=O) groups is 2. The zero-order chi connectivity index (χ0) is 8.22. The van der Waals surface area contributed by atoms with Crippen LogP contribution in [-0.2, 0) is 14.3 Å². The van der Waals surface area contributed by atoms with Crippen LogP contribution in [0, 0.1) is 11.8 Å². The summed E-state index contributed by atoms with van der Waals surface area (Å²) in [4.78, 5) is 21.3. The first-order valence-electron chi connectivity index (χ1n) is 3.16. The highest BCUT2D eigenvalue weighted by Crippen LogP contribution is 2.61. The van der Waals surface area contributed by atoms with E-state index in [4.69, 9.17) is 5.11 Å². The SMILES string of the molecule is O=C(O)C1C2C(=O)OCC12Br. The molecular formula is C6H5BrO4. The summed E-state index contributed by atoms with van der Waals surface area (Å²) >= 11 is 3.20. The lowest BCUT2D eigenvalue weighted by Crippen LogP contribution is -2.16. The molecule has 1 N–H and O–H groups in total. The molecule has 3 unspecified atom stereocenters. The first-order valence-corrected chi connectivity index (χ1v) is 3.95. The monoisotopic (exact) mass is 220 g/mol. The van der Waals surface area contributed by atoms with Crippen molar-refractivity contribution in [1.82, 2.24) is 0 Å². The molecule has 1 saturated heterocycles. The number of hydrogen-bond donors (Lipinski definition) is 1. The third-order valence-corrected chi connectivity index (χ3v) is 3.43. The van der Waals surface area contributed by atoms with E-state index in [9.17, 15) is 9.59 Å². The molecular weight excluding hydrogens is 216 g/mol. The molecule has 1 heterocycles. The second kappa shape index (κ2) is 1.77. The molecule has 3 atom stereocenters. The van der Waals surface area contributed by atoms with Gasteiger partial charge in [-0.05, 0) is 0 Å². The van der Waals surface area contributed by atoms with E-state index >= 15 is 0 Å². The fourth-order valence-electron chi connectivity index (χ4n) is 1.54. The summed E-state index contributed by atoms with van der Waals surface area (Å²) in [5, 5.41) is 8.60. The van der Waals surface area contributed by atoms with Crippen molar-refractivity contribution in [3.8, 4) is 0 Å². The van der Waals surface area contributed by atoms with Crippen LogP contribution in [0.25, 0.3) is 0 Å². The van der Waals surface area contributed by atoms with E-state index in [1.807, 2.05) is 0 Å². The van der Waals surface area contributed by atoms with Crippen LogP contribution in [0.2, 0.25) is 0 Å². The van der Waals surface area contributed by atoms with Gasteiger partial charge in [-0.3, -0.25) is 9.59 Å². The fraction of sp³-hybridized carbons (Fsp3) is 0.667. The number of cyclic esters (lactones) is 1. The van der Waals surface area contributed by atoms with Gasteiger partial charge in [-0.15, -0.1) is 0 Å². The minimum Gasteiger partial charge on any atom is -0.481 e. The zero-order valence-corrected chi connectivity index (χ0v) is 7.00. The molecule has 0 spiro atoms. The van der Waals surface area contributed by atoms with E-state index in [0.29, 0.717) is 0 Å². The lowest BCUT2D eigenvalue weighted by Gasteiger charge is -2.02. The summed E-state index contributed by atoms with van der Waals surface area (Å²) in [6.07, 6.45) is 0. The number of carboxylic acids is 1. The van der Waals surface area contributed by atoms with Crippen molar-refractivity contribution in [2.75, 3.05) is 6.61 Å². The molecule has 2 fully saturated rings. The van der Waals surface area contributed by atoms with Crippen LogP contribution >= 0.6 is 15.9 Å². The van der Waals surface area contributed by atoms with Gasteiger partial charge in [-0.1, -0.05) is 15.9 Å². The van der Waals surface area contributed by atoms with Crippen LogP contribution in [0.5, 0.6) is 0 Å². The second-order valence-corrected chi connectivity index (χ2v) is 4.30. The highest BCUT2D eigenvalue weighted by atomic mass is 79.9. The van der Waals surface area contributed by atoms with Crippen molar-refractivity contribution < 1.29 is 19.4 Å². The Hall–Kier alpha value is -0.580. The maximum Gasteiger partial charge on any atom is 0.311 e. The summed E-state index contributed by atoms with van der Waals surface area (Å²) in [5.74, 6) is -2.36. The Bertz CT molecular complexity index is 245.